The number of nitrogens with one attached hydrogen (secondary N) is 1. The molecule has 1 aliphatic rings. The number of ether oxygens (including phenoxy) is 3. The molecule has 0 aliphatic carbocycles. The van der Waals surface area contributed by atoms with Crippen LogP contribution in [0.4, 0.5) is 0 Å². The molecule has 0 spiro atoms. The molecule has 1 atom stereocenters. The lowest BCUT2D eigenvalue weighted by Gasteiger charge is -2.22. The zero-order chi connectivity index (χ0) is 21.5. The highest BCUT2D eigenvalue weighted by molar-refractivity contribution is 5.80. The van der Waals surface area contributed by atoms with E-state index in [0.29, 0.717) is 24.6 Å². The average molecular weight is 416 g/mol. The predicted octanol–water partition coefficient (Wildman–Crippen LogP) is 2.44. The van der Waals surface area contributed by atoms with Crippen molar-refractivity contribution < 1.29 is 14.2 Å². The van der Waals surface area contributed by atoms with Crippen LogP contribution in [0.25, 0.3) is 0 Å². The van der Waals surface area contributed by atoms with Crippen LogP contribution in [0.1, 0.15) is 30.4 Å². The van der Waals surface area contributed by atoms with Gasteiger partial charge in [0, 0.05) is 63.0 Å². The zero-order valence-corrected chi connectivity index (χ0v) is 18.6. The van der Waals surface area contributed by atoms with E-state index in [-0.39, 0.29) is 0 Å². The number of benzene rings is 1. The monoisotopic (exact) mass is 415 g/mol. The lowest BCUT2D eigenvalue weighted by atomic mass is 10.0. The van der Waals surface area contributed by atoms with Crippen molar-refractivity contribution in [3.8, 4) is 17.2 Å². The molecule has 0 amide bonds. The van der Waals surface area contributed by atoms with Gasteiger partial charge in [0.2, 0.25) is 0 Å². The minimum atomic E-state index is 0.490. The molecule has 1 aromatic carbocycles. The van der Waals surface area contributed by atoms with Crippen LogP contribution in [0.15, 0.2) is 29.5 Å². The third kappa shape index (κ3) is 4.98. The fraction of sp³-hybridized carbons (Fsp3) is 0.545. The van der Waals surface area contributed by atoms with Crippen LogP contribution in [0, 0.1) is 0 Å². The largest absolute Gasteiger partial charge is 0.496 e. The molecule has 0 radical (unpaired) electrons. The van der Waals surface area contributed by atoms with Gasteiger partial charge in [-0.1, -0.05) is 0 Å². The number of aryl methyl sites for hydroxylation is 1. The van der Waals surface area contributed by atoms with Crippen molar-refractivity contribution in [2.75, 3.05) is 47.5 Å². The molecule has 8 heteroatoms. The number of methoxy groups -OCH3 is 3. The second-order valence-electron chi connectivity index (χ2n) is 7.38. The normalized spacial score (nSPS) is 16.6. The van der Waals surface area contributed by atoms with Gasteiger partial charge < -0.3 is 24.4 Å². The van der Waals surface area contributed by atoms with Crippen molar-refractivity contribution in [3.63, 3.8) is 0 Å². The van der Waals surface area contributed by atoms with E-state index in [4.69, 9.17) is 19.2 Å². The van der Waals surface area contributed by atoms with Crippen molar-refractivity contribution in [2.24, 2.45) is 12.0 Å². The Hall–Kier alpha value is -2.90. The maximum absolute atomic E-state index is 5.56. The zero-order valence-electron chi connectivity index (χ0n) is 18.6. The minimum absolute atomic E-state index is 0.490. The van der Waals surface area contributed by atoms with Gasteiger partial charge in [-0.3, -0.25) is 9.67 Å². The van der Waals surface area contributed by atoms with E-state index in [1.54, 1.807) is 21.3 Å². The molecule has 164 valence electrons. The summed E-state index contributed by atoms with van der Waals surface area (Å²) in [6.07, 6.45) is 5.91. The van der Waals surface area contributed by atoms with Crippen molar-refractivity contribution >= 4 is 5.96 Å². The predicted molar refractivity (Wildman–Crippen MR) is 118 cm³/mol. The van der Waals surface area contributed by atoms with E-state index >= 15 is 0 Å². The average Bonchev–Trinajstić information content (AvgIpc) is 3.42. The smallest absolute Gasteiger partial charge is 0.193 e. The Morgan fingerprint density at radius 1 is 1.20 bits per heavy atom. The van der Waals surface area contributed by atoms with Gasteiger partial charge >= 0.3 is 0 Å². The number of nitrogens with zero attached hydrogens (tertiary/aromatic N) is 4. The Morgan fingerprint density at radius 3 is 2.50 bits per heavy atom. The van der Waals surface area contributed by atoms with Crippen LogP contribution in [-0.2, 0) is 13.5 Å². The van der Waals surface area contributed by atoms with E-state index in [2.05, 4.69) is 28.4 Å². The van der Waals surface area contributed by atoms with Crippen LogP contribution in [0.5, 0.6) is 17.2 Å². The first-order valence-corrected chi connectivity index (χ1v) is 10.4. The van der Waals surface area contributed by atoms with E-state index in [1.807, 2.05) is 30.1 Å². The number of aromatic nitrogens is 2. The molecule has 2 heterocycles. The van der Waals surface area contributed by atoms with Gasteiger partial charge in [-0.2, -0.15) is 5.10 Å². The minimum Gasteiger partial charge on any atom is -0.496 e. The molecular formula is C22H33N5O3. The van der Waals surface area contributed by atoms with Crippen molar-refractivity contribution in [1.29, 1.82) is 0 Å². The molecule has 30 heavy (non-hydrogen) atoms. The van der Waals surface area contributed by atoms with Crippen LogP contribution in [-0.4, -0.2) is 68.1 Å². The lowest BCUT2D eigenvalue weighted by molar-refractivity contribution is 0.369. The van der Waals surface area contributed by atoms with Gasteiger partial charge in [0.25, 0.3) is 0 Å². The summed E-state index contributed by atoms with van der Waals surface area (Å²) in [5.41, 5.74) is 2.29. The Bertz CT molecular complexity index is 839. The van der Waals surface area contributed by atoms with E-state index in [1.165, 1.54) is 5.56 Å². The number of guanidine groups is 1. The van der Waals surface area contributed by atoms with Crippen molar-refractivity contribution in [3.05, 3.63) is 35.7 Å². The molecule has 2 aromatic rings. The second kappa shape index (κ2) is 10.2. The highest BCUT2D eigenvalue weighted by Gasteiger charge is 2.27. The third-order valence-corrected chi connectivity index (χ3v) is 5.46. The maximum Gasteiger partial charge on any atom is 0.193 e. The molecule has 1 aliphatic heterocycles. The first kappa shape index (κ1) is 21.8. The molecule has 1 N–H and O–H groups in total. The Balaban J connectivity index is 1.70. The summed E-state index contributed by atoms with van der Waals surface area (Å²) in [6.45, 7) is 5.50. The SMILES string of the molecule is CCNC(=NCCc1c(OC)cc(OC)cc1OC)N1CCC(c2cnn(C)c2)C1. The molecule has 1 aromatic heterocycles. The van der Waals surface area contributed by atoms with Gasteiger partial charge in [-0.05, 0) is 25.3 Å². The number of hydrogen-bond donors (Lipinski definition) is 1. The fourth-order valence-corrected chi connectivity index (χ4v) is 3.90. The van der Waals surface area contributed by atoms with Gasteiger partial charge in [0.1, 0.15) is 17.2 Å². The molecule has 1 saturated heterocycles. The summed E-state index contributed by atoms with van der Waals surface area (Å²) < 4.78 is 18.3. The molecule has 0 saturated carbocycles. The summed E-state index contributed by atoms with van der Waals surface area (Å²) in [5.74, 6) is 3.66. The topological polar surface area (TPSA) is 73.1 Å². The van der Waals surface area contributed by atoms with Gasteiger partial charge in [-0.15, -0.1) is 0 Å². The number of hydrogen-bond acceptors (Lipinski definition) is 5. The van der Waals surface area contributed by atoms with Gasteiger partial charge in [0.05, 0.1) is 27.5 Å². The molecule has 1 fully saturated rings. The Morgan fingerprint density at radius 2 is 1.93 bits per heavy atom. The Kier molecular flexibility index (Phi) is 7.43. The molecule has 8 nitrogen and oxygen atoms in total. The summed E-state index contributed by atoms with van der Waals surface area (Å²) in [7, 11) is 6.92. The fourth-order valence-electron chi connectivity index (χ4n) is 3.90. The van der Waals surface area contributed by atoms with Crippen LogP contribution in [0.2, 0.25) is 0 Å². The number of likely N-dealkylation sites (tertiary alicyclic amines) is 1. The van der Waals surface area contributed by atoms with Gasteiger partial charge in [0.15, 0.2) is 5.96 Å². The molecule has 1 unspecified atom stereocenters. The van der Waals surface area contributed by atoms with Crippen LogP contribution in [0.3, 0.4) is 0 Å². The first-order chi connectivity index (χ1) is 14.6. The van der Waals surface area contributed by atoms with Crippen molar-refractivity contribution in [1.82, 2.24) is 20.0 Å². The summed E-state index contributed by atoms with van der Waals surface area (Å²) in [4.78, 5) is 7.22. The third-order valence-electron chi connectivity index (χ3n) is 5.46. The van der Waals surface area contributed by atoms with E-state index in [9.17, 15) is 0 Å². The number of aliphatic imine (C=N–C) groups is 1. The summed E-state index contributed by atoms with van der Waals surface area (Å²) >= 11 is 0. The number of rotatable bonds is 8. The quantitative estimate of drug-likeness (QED) is 0.527. The van der Waals surface area contributed by atoms with E-state index < -0.39 is 0 Å². The van der Waals surface area contributed by atoms with Crippen molar-refractivity contribution in [2.45, 2.75) is 25.7 Å². The maximum atomic E-state index is 5.56. The highest BCUT2D eigenvalue weighted by atomic mass is 16.5. The summed E-state index contributed by atoms with van der Waals surface area (Å²) in [6, 6.07) is 3.76. The molecule has 0 bridgehead atoms. The Labute approximate surface area is 178 Å². The van der Waals surface area contributed by atoms with Crippen LogP contribution < -0.4 is 19.5 Å². The lowest BCUT2D eigenvalue weighted by Crippen LogP contribution is -2.40. The summed E-state index contributed by atoms with van der Waals surface area (Å²) in [5, 5.41) is 7.75. The second-order valence-corrected chi connectivity index (χ2v) is 7.38. The molecular weight excluding hydrogens is 382 g/mol. The standard InChI is InChI=1S/C22H33N5O3/c1-6-23-22(27-10-8-16(15-27)17-13-25-26(2)14-17)24-9-7-19-20(29-4)11-18(28-3)12-21(19)30-5/h11-14,16H,6-10,15H2,1-5H3,(H,23,24). The first-order valence-electron chi connectivity index (χ1n) is 10.4. The van der Waals surface area contributed by atoms with E-state index in [0.717, 1.165) is 49.1 Å². The van der Waals surface area contributed by atoms with Gasteiger partial charge in [-0.25, -0.2) is 0 Å². The molecule has 3 rings (SSSR count). The van der Waals surface area contributed by atoms with Crippen LogP contribution >= 0.6 is 0 Å². The highest BCUT2D eigenvalue weighted by Crippen LogP contribution is 2.34.